The van der Waals surface area contributed by atoms with E-state index in [1.807, 2.05) is 0 Å². The topological polar surface area (TPSA) is 38.1 Å². The van der Waals surface area contributed by atoms with Crippen LogP contribution in [-0.4, -0.2) is 22.9 Å². The minimum atomic E-state index is -0.313. The van der Waals surface area contributed by atoms with Gasteiger partial charge in [-0.15, -0.1) is 0 Å². The van der Waals surface area contributed by atoms with E-state index in [1.165, 1.54) is 23.2 Å². The maximum absolute atomic E-state index is 12.9. The number of halogens is 2. The van der Waals surface area contributed by atoms with E-state index in [0.29, 0.717) is 11.6 Å². The molecule has 1 aromatic carbocycles. The second kappa shape index (κ2) is 6.71. The molecular formula is C17H19ClFN3O. The van der Waals surface area contributed by atoms with Crippen LogP contribution in [0.15, 0.2) is 35.3 Å². The monoisotopic (exact) mass is 335 g/mol. The highest BCUT2D eigenvalue weighted by atomic mass is 35.5. The second-order valence-electron chi connectivity index (χ2n) is 6.13. The molecule has 1 aromatic heterocycles. The number of hydrogen-bond donors (Lipinski definition) is 0. The Morgan fingerprint density at radius 1 is 1.35 bits per heavy atom. The smallest absolute Gasteiger partial charge is 0.287 e. The van der Waals surface area contributed by atoms with Gasteiger partial charge in [-0.2, -0.15) is 5.10 Å². The summed E-state index contributed by atoms with van der Waals surface area (Å²) >= 11 is 6.30. The van der Waals surface area contributed by atoms with E-state index >= 15 is 0 Å². The quantitative estimate of drug-likeness (QED) is 0.863. The molecule has 1 aliphatic rings. The van der Waals surface area contributed by atoms with Crippen molar-refractivity contribution >= 4 is 17.3 Å². The van der Waals surface area contributed by atoms with Crippen molar-refractivity contribution in [2.75, 3.05) is 18.0 Å². The summed E-state index contributed by atoms with van der Waals surface area (Å²) < 4.78 is 14.3. The van der Waals surface area contributed by atoms with Crippen molar-refractivity contribution in [1.82, 2.24) is 9.78 Å². The highest BCUT2D eigenvalue weighted by molar-refractivity contribution is 6.33. The fourth-order valence-electron chi connectivity index (χ4n) is 2.96. The summed E-state index contributed by atoms with van der Waals surface area (Å²) in [5.74, 6) is 0.281. The first-order valence-corrected chi connectivity index (χ1v) is 8.17. The summed E-state index contributed by atoms with van der Waals surface area (Å²) in [6, 6.07) is 6.01. The Kier molecular flexibility index (Phi) is 4.66. The molecule has 0 spiro atoms. The van der Waals surface area contributed by atoms with Crippen LogP contribution in [0, 0.1) is 11.7 Å². The molecule has 1 saturated heterocycles. The molecule has 0 saturated carbocycles. The van der Waals surface area contributed by atoms with Gasteiger partial charge in [0, 0.05) is 13.1 Å². The van der Waals surface area contributed by atoms with Crippen LogP contribution < -0.4 is 10.5 Å². The van der Waals surface area contributed by atoms with E-state index in [0.717, 1.165) is 25.1 Å². The zero-order chi connectivity index (χ0) is 16.4. The van der Waals surface area contributed by atoms with Crippen LogP contribution in [0.3, 0.4) is 0 Å². The Morgan fingerprint density at radius 3 is 2.78 bits per heavy atom. The molecule has 6 heteroatoms. The standard InChI is InChI=1S/C17H19ClFN3O/c1-12-3-2-8-21(10-12)15-9-20-22(17(23)16(15)18)11-13-4-6-14(19)7-5-13/h4-7,9,12H,2-3,8,10-11H2,1H3/t12-/m0/s1. The van der Waals surface area contributed by atoms with Crippen molar-refractivity contribution in [1.29, 1.82) is 0 Å². The summed E-state index contributed by atoms with van der Waals surface area (Å²) in [7, 11) is 0. The number of anilines is 1. The molecule has 23 heavy (non-hydrogen) atoms. The van der Waals surface area contributed by atoms with Crippen LogP contribution in [0.4, 0.5) is 10.1 Å². The van der Waals surface area contributed by atoms with Crippen molar-refractivity contribution in [3.8, 4) is 0 Å². The number of hydrogen-bond acceptors (Lipinski definition) is 3. The van der Waals surface area contributed by atoms with Gasteiger partial charge in [0.2, 0.25) is 0 Å². The first-order chi connectivity index (χ1) is 11.0. The largest absolute Gasteiger partial charge is 0.369 e. The number of rotatable bonds is 3. The lowest BCUT2D eigenvalue weighted by atomic mass is 10.00. The van der Waals surface area contributed by atoms with Gasteiger partial charge in [-0.1, -0.05) is 30.7 Å². The van der Waals surface area contributed by atoms with Gasteiger partial charge in [-0.05, 0) is 36.5 Å². The molecule has 3 rings (SSSR count). The molecular weight excluding hydrogens is 317 g/mol. The predicted molar refractivity (Wildman–Crippen MR) is 89.6 cm³/mol. The molecule has 2 aromatic rings. The van der Waals surface area contributed by atoms with Crippen LogP contribution >= 0.6 is 11.6 Å². The third-order valence-corrected chi connectivity index (χ3v) is 4.57. The van der Waals surface area contributed by atoms with Crippen molar-refractivity contribution in [2.24, 2.45) is 5.92 Å². The maximum atomic E-state index is 12.9. The van der Waals surface area contributed by atoms with Crippen LogP contribution in [0.1, 0.15) is 25.3 Å². The lowest BCUT2D eigenvalue weighted by Gasteiger charge is -2.32. The summed E-state index contributed by atoms with van der Waals surface area (Å²) in [5, 5.41) is 4.45. The molecule has 122 valence electrons. The first-order valence-electron chi connectivity index (χ1n) is 7.79. The van der Waals surface area contributed by atoms with Crippen LogP contribution in [-0.2, 0) is 6.54 Å². The molecule has 4 nitrogen and oxygen atoms in total. The minimum Gasteiger partial charge on any atom is -0.369 e. The molecule has 2 heterocycles. The molecule has 0 aliphatic carbocycles. The maximum Gasteiger partial charge on any atom is 0.287 e. The van der Waals surface area contributed by atoms with Crippen molar-refractivity contribution in [2.45, 2.75) is 26.3 Å². The molecule has 1 atom stereocenters. The molecule has 0 radical (unpaired) electrons. The summed E-state index contributed by atoms with van der Waals surface area (Å²) in [6.45, 7) is 4.26. The van der Waals surface area contributed by atoms with Gasteiger partial charge in [-0.3, -0.25) is 4.79 Å². The van der Waals surface area contributed by atoms with Crippen LogP contribution in [0.5, 0.6) is 0 Å². The zero-order valence-corrected chi connectivity index (χ0v) is 13.8. The van der Waals surface area contributed by atoms with Gasteiger partial charge in [-0.25, -0.2) is 9.07 Å². The van der Waals surface area contributed by atoms with E-state index in [2.05, 4.69) is 16.9 Å². The Balaban J connectivity index is 1.85. The molecule has 1 fully saturated rings. The van der Waals surface area contributed by atoms with E-state index in [4.69, 9.17) is 11.6 Å². The highest BCUT2D eigenvalue weighted by Crippen LogP contribution is 2.26. The Morgan fingerprint density at radius 2 is 2.09 bits per heavy atom. The number of piperidine rings is 1. The van der Waals surface area contributed by atoms with E-state index in [-0.39, 0.29) is 22.9 Å². The number of nitrogens with zero attached hydrogens (tertiary/aromatic N) is 3. The lowest BCUT2D eigenvalue weighted by Crippen LogP contribution is -2.36. The molecule has 0 bridgehead atoms. The third kappa shape index (κ3) is 3.55. The van der Waals surface area contributed by atoms with E-state index < -0.39 is 0 Å². The third-order valence-electron chi connectivity index (χ3n) is 4.21. The van der Waals surface area contributed by atoms with Crippen molar-refractivity contribution in [3.05, 3.63) is 57.2 Å². The second-order valence-corrected chi connectivity index (χ2v) is 6.50. The average Bonchev–Trinajstić information content (AvgIpc) is 2.54. The highest BCUT2D eigenvalue weighted by Gasteiger charge is 2.21. The fraction of sp³-hybridized carbons (Fsp3) is 0.412. The fourth-order valence-corrected chi connectivity index (χ4v) is 3.23. The predicted octanol–water partition coefficient (Wildman–Crippen LogP) is 3.32. The Labute approximate surface area is 139 Å². The van der Waals surface area contributed by atoms with Gasteiger partial charge >= 0.3 is 0 Å². The van der Waals surface area contributed by atoms with Gasteiger partial charge in [0.05, 0.1) is 18.4 Å². The van der Waals surface area contributed by atoms with Crippen LogP contribution in [0.25, 0.3) is 0 Å². The van der Waals surface area contributed by atoms with Gasteiger partial charge < -0.3 is 4.90 Å². The van der Waals surface area contributed by atoms with Crippen molar-refractivity contribution in [3.63, 3.8) is 0 Å². The van der Waals surface area contributed by atoms with Gasteiger partial charge in [0.1, 0.15) is 10.8 Å². The Bertz CT molecular complexity index is 744. The SMILES string of the molecule is C[C@H]1CCCN(c2cnn(Cc3ccc(F)cc3)c(=O)c2Cl)C1. The summed E-state index contributed by atoms with van der Waals surface area (Å²) in [4.78, 5) is 14.6. The normalized spacial score (nSPS) is 18.2. The first kappa shape index (κ1) is 16.0. The van der Waals surface area contributed by atoms with Crippen LogP contribution in [0.2, 0.25) is 5.02 Å². The minimum absolute atomic E-state index is 0.205. The van der Waals surface area contributed by atoms with Gasteiger partial charge in [0.15, 0.2) is 0 Å². The van der Waals surface area contributed by atoms with E-state index in [1.54, 1.807) is 18.3 Å². The van der Waals surface area contributed by atoms with Crippen molar-refractivity contribution < 1.29 is 4.39 Å². The van der Waals surface area contributed by atoms with E-state index in [9.17, 15) is 9.18 Å². The Hall–Kier alpha value is -1.88. The summed E-state index contributed by atoms with van der Waals surface area (Å²) in [5.41, 5.74) is 1.20. The molecule has 0 N–H and O–H groups in total. The number of benzene rings is 1. The number of aromatic nitrogens is 2. The molecule has 1 aliphatic heterocycles. The molecule has 0 unspecified atom stereocenters. The van der Waals surface area contributed by atoms with Gasteiger partial charge in [0.25, 0.3) is 5.56 Å². The molecule has 0 amide bonds. The average molecular weight is 336 g/mol. The zero-order valence-electron chi connectivity index (χ0n) is 13.0. The lowest BCUT2D eigenvalue weighted by molar-refractivity contribution is 0.445. The summed E-state index contributed by atoms with van der Waals surface area (Å²) in [6.07, 6.45) is 3.95.